The van der Waals surface area contributed by atoms with Crippen molar-refractivity contribution >= 4 is 0 Å². The fourth-order valence-corrected chi connectivity index (χ4v) is 2.80. The smallest absolute Gasteiger partial charge is 0.0102 e. The molecule has 0 radical (unpaired) electrons. The van der Waals surface area contributed by atoms with Gasteiger partial charge >= 0.3 is 0 Å². The highest BCUT2D eigenvalue weighted by molar-refractivity contribution is 4.98. The van der Waals surface area contributed by atoms with Crippen molar-refractivity contribution in [2.24, 2.45) is 11.8 Å². The zero-order chi connectivity index (χ0) is 7.84. The predicted molar refractivity (Wildman–Crippen MR) is 47.5 cm³/mol. The molecule has 4 unspecified atom stereocenters. The largest absolute Gasteiger partial charge is 0.311 e. The Hall–Kier alpha value is -0.0400. The van der Waals surface area contributed by atoms with Crippen molar-refractivity contribution in [1.82, 2.24) is 5.32 Å². The normalized spacial score (nSPS) is 44.7. The quantitative estimate of drug-likeness (QED) is 0.641. The molecule has 0 aromatic carbocycles. The first kappa shape index (κ1) is 7.60. The van der Waals surface area contributed by atoms with E-state index in [0.717, 1.165) is 23.9 Å². The summed E-state index contributed by atoms with van der Waals surface area (Å²) in [6, 6.07) is 1.77. The van der Waals surface area contributed by atoms with E-state index in [4.69, 9.17) is 0 Å². The average molecular weight is 153 g/mol. The van der Waals surface area contributed by atoms with Crippen molar-refractivity contribution in [2.75, 3.05) is 0 Å². The molecular formula is C10H19N. The van der Waals surface area contributed by atoms with Crippen LogP contribution in [0.15, 0.2) is 0 Å². The maximum Gasteiger partial charge on any atom is 0.0102 e. The van der Waals surface area contributed by atoms with Gasteiger partial charge in [0, 0.05) is 12.1 Å². The van der Waals surface area contributed by atoms with E-state index in [1.54, 1.807) is 0 Å². The molecule has 1 nitrogen and oxygen atoms in total. The molecule has 1 N–H and O–H groups in total. The van der Waals surface area contributed by atoms with Crippen molar-refractivity contribution < 1.29 is 0 Å². The maximum absolute atomic E-state index is 3.69. The van der Waals surface area contributed by atoms with Crippen LogP contribution < -0.4 is 5.32 Å². The van der Waals surface area contributed by atoms with Crippen LogP contribution in [0.5, 0.6) is 0 Å². The summed E-state index contributed by atoms with van der Waals surface area (Å²) < 4.78 is 0. The minimum absolute atomic E-state index is 0.884. The SMILES string of the molecule is CCC(C)C1CC2CCC1N2. The molecule has 0 aromatic rings. The Kier molecular flexibility index (Phi) is 1.92. The van der Waals surface area contributed by atoms with Gasteiger partial charge < -0.3 is 5.32 Å². The molecule has 0 saturated carbocycles. The molecule has 2 bridgehead atoms. The minimum Gasteiger partial charge on any atom is -0.311 e. The first-order valence-corrected chi connectivity index (χ1v) is 5.07. The average Bonchev–Trinajstić information content (AvgIpc) is 2.62. The van der Waals surface area contributed by atoms with Crippen LogP contribution in [-0.2, 0) is 0 Å². The molecule has 0 spiro atoms. The number of nitrogens with one attached hydrogen (secondary N) is 1. The standard InChI is InChI=1S/C10H19N/c1-3-7(2)9-6-8-4-5-10(9)11-8/h7-11H,3-6H2,1-2H3. The van der Waals surface area contributed by atoms with Gasteiger partial charge in [-0.2, -0.15) is 0 Å². The van der Waals surface area contributed by atoms with Gasteiger partial charge in [0.2, 0.25) is 0 Å². The Balaban J connectivity index is 1.96. The third kappa shape index (κ3) is 1.20. The van der Waals surface area contributed by atoms with E-state index in [0.29, 0.717) is 0 Å². The van der Waals surface area contributed by atoms with Crippen molar-refractivity contribution in [3.8, 4) is 0 Å². The lowest BCUT2D eigenvalue weighted by atomic mass is 9.80. The van der Waals surface area contributed by atoms with Crippen LogP contribution in [0, 0.1) is 11.8 Å². The summed E-state index contributed by atoms with van der Waals surface area (Å²) in [7, 11) is 0. The topological polar surface area (TPSA) is 12.0 Å². The number of hydrogen-bond acceptors (Lipinski definition) is 1. The van der Waals surface area contributed by atoms with Crippen LogP contribution in [0.2, 0.25) is 0 Å². The Bertz CT molecular complexity index is 144. The summed E-state index contributed by atoms with van der Waals surface area (Å²) in [5.41, 5.74) is 0. The summed E-state index contributed by atoms with van der Waals surface area (Å²) >= 11 is 0. The Morgan fingerprint density at radius 2 is 2.27 bits per heavy atom. The summed E-state index contributed by atoms with van der Waals surface area (Å²) in [4.78, 5) is 0. The van der Waals surface area contributed by atoms with Crippen LogP contribution >= 0.6 is 0 Å². The molecule has 64 valence electrons. The van der Waals surface area contributed by atoms with E-state index in [-0.39, 0.29) is 0 Å². The van der Waals surface area contributed by atoms with Gasteiger partial charge in [0.15, 0.2) is 0 Å². The van der Waals surface area contributed by atoms with Crippen LogP contribution in [0.1, 0.15) is 39.5 Å². The van der Waals surface area contributed by atoms with Gasteiger partial charge in [-0.05, 0) is 31.1 Å². The summed E-state index contributed by atoms with van der Waals surface area (Å²) in [5.74, 6) is 1.94. The fourth-order valence-electron chi connectivity index (χ4n) is 2.80. The molecule has 0 aromatic heterocycles. The molecule has 2 rings (SSSR count). The molecule has 11 heavy (non-hydrogen) atoms. The van der Waals surface area contributed by atoms with Crippen LogP contribution in [0.4, 0.5) is 0 Å². The summed E-state index contributed by atoms with van der Waals surface area (Å²) in [5, 5.41) is 3.69. The number of hydrogen-bond donors (Lipinski definition) is 1. The third-order valence-corrected chi connectivity index (χ3v) is 3.72. The number of fused-ring (bicyclic) bond motifs is 2. The lowest BCUT2D eigenvalue weighted by Crippen LogP contribution is -2.26. The predicted octanol–water partition coefficient (Wildman–Crippen LogP) is 2.17. The zero-order valence-electron chi connectivity index (χ0n) is 7.64. The zero-order valence-corrected chi connectivity index (χ0v) is 7.64. The molecular weight excluding hydrogens is 134 g/mol. The van der Waals surface area contributed by atoms with Crippen molar-refractivity contribution in [3.05, 3.63) is 0 Å². The molecule has 2 aliphatic heterocycles. The van der Waals surface area contributed by atoms with Crippen molar-refractivity contribution in [2.45, 2.75) is 51.6 Å². The number of rotatable bonds is 2. The molecule has 1 heteroatoms. The van der Waals surface area contributed by atoms with Gasteiger partial charge in [-0.3, -0.25) is 0 Å². The molecule has 2 aliphatic rings. The van der Waals surface area contributed by atoms with Gasteiger partial charge in [-0.1, -0.05) is 20.3 Å². The Labute approximate surface area is 69.6 Å². The molecule has 2 heterocycles. The molecule has 0 amide bonds. The lowest BCUT2D eigenvalue weighted by molar-refractivity contribution is 0.286. The van der Waals surface area contributed by atoms with E-state index < -0.39 is 0 Å². The first-order valence-electron chi connectivity index (χ1n) is 5.07. The van der Waals surface area contributed by atoms with Crippen LogP contribution in [-0.4, -0.2) is 12.1 Å². The van der Waals surface area contributed by atoms with E-state index >= 15 is 0 Å². The highest BCUT2D eigenvalue weighted by Crippen LogP contribution is 2.38. The third-order valence-electron chi connectivity index (χ3n) is 3.72. The molecule has 2 saturated heterocycles. The molecule has 0 aliphatic carbocycles. The highest BCUT2D eigenvalue weighted by atomic mass is 15.0. The van der Waals surface area contributed by atoms with Gasteiger partial charge in [0.25, 0.3) is 0 Å². The molecule has 4 atom stereocenters. The maximum atomic E-state index is 3.69. The van der Waals surface area contributed by atoms with Crippen molar-refractivity contribution in [3.63, 3.8) is 0 Å². The van der Waals surface area contributed by atoms with Crippen molar-refractivity contribution in [1.29, 1.82) is 0 Å². The van der Waals surface area contributed by atoms with Gasteiger partial charge in [-0.15, -0.1) is 0 Å². The fraction of sp³-hybridized carbons (Fsp3) is 1.00. The second-order valence-electron chi connectivity index (χ2n) is 4.33. The van der Waals surface area contributed by atoms with E-state index in [1.807, 2.05) is 0 Å². The second kappa shape index (κ2) is 2.78. The molecule has 2 fully saturated rings. The van der Waals surface area contributed by atoms with Gasteiger partial charge in [0.1, 0.15) is 0 Å². The second-order valence-corrected chi connectivity index (χ2v) is 4.33. The summed E-state index contributed by atoms with van der Waals surface area (Å²) in [6.07, 6.45) is 5.70. The first-order chi connectivity index (χ1) is 5.31. The monoisotopic (exact) mass is 153 g/mol. The summed E-state index contributed by atoms with van der Waals surface area (Å²) in [6.45, 7) is 4.73. The van der Waals surface area contributed by atoms with E-state index in [1.165, 1.54) is 25.7 Å². The highest BCUT2D eigenvalue weighted by Gasteiger charge is 2.40. The minimum atomic E-state index is 0.884. The van der Waals surface area contributed by atoms with E-state index in [2.05, 4.69) is 19.2 Å². The van der Waals surface area contributed by atoms with E-state index in [9.17, 15) is 0 Å². The van der Waals surface area contributed by atoms with Crippen LogP contribution in [0.3, 0.4) is 0 Å². The van der Waals surface area contributed by atoms with Gasteiger partial charge in [0.05, 0.1) is 0 Å². The lowest BCUT2D eigenvalue weighted by Gasteiger charge is -2.25. The van der Waals surface area contributed by atoms with Gasteiger partial charge in [-0.25, -0.2) is 0 Å². The Morgan fingerprint density at radius 3 is 2.73 bits per heavy atom. The van der Waals surface area contributed by atoms with Crippen LogP contribution in [0.25, 0.3) is 0 Å². The Morgan fingerprint density at radius 1 is 1.45 bits per heavy atom.